The average molecular weight is 305 g/mol. The van der Waals surface area contributed by atoms with Crippen molar-refractivity contribution in [3.05, 3.63) is 33.9 Å². The Morgan fingerprint density at radius 2 is 2.17 bits per heavy atom. The van der Waals surface area contributed by atoms with Crippen molar-refractivity contribution in [2.45, 2.75) is 31.9 Å². The minimum Gasteiger partial charge on any atom is -0.393 e. The van der Waals surface area contributed by atoms with Crippen LogP contribution >= 0.6 is 15.9 Å². The number of aliphatic hydroxyl groups excluding tert-OH is 1. The second kappa shape index (κ2) is 4.11. The van der Waals surface area contributed by atoms with Crippen LogP contribution in [0.15, 0.2) is 22.8 Å². The first kappa shape index (κ1) is 11.8. The minimum absolute atomic E-state index is 0.161. The van der Waals surface area contributed by atoms with E-state index < -0.39 is 0 Å². The molecule has 0 bridgehead atoms. The van der Waals surface area contributed by atoms with Crippen LogP contribution in [0, 0.1) is 18.3 Å². The summed E-state index contributed by atoms with van der Waals surface area (Å²) in [5, 5.41) is 19.6. The average Bonchev–Trinajstić information content (AvgIpc) is 2.61. The van der Waals surface area contributed by atoms with Crippen molar-refractivity contribution < 1.29 is 5.11 Å². The third-order valence-electron chi connectivity index (χ3n) is 3.73. The second-order valence-corrected chi connectivity index (χ2v) is 5.81. The predicted octanol–water partition coefficient (Wildman–Crippen LogP) is 3.28. The van der Waals surface area contributed by atoms with Crippen LogP contribution in [0.4, 0.5) is 0 Å². The van der Waals surface area contributed by atoms with E-state index in [4.69, 9.17) is 5.26 Å². The van der Waals surface area contributed by atoms with E-state index in [9.17, 15) is 5.11 Å². The van der Waals surface area contributed by atoms with Crippen LogP contribution in [0.5, 0.6) is 0 Å². The van der Waals surface area contributed by atoms with E-state index in [1.807, 2.05) is 13.0 Å². The van der Waals surface area contributed by atoms with Crippen LogP contribution in [0.25, 0.3) is 10.9 Å². The molecular formula is C14H13BrN2O. The highest BCUT2D eigenvalue weighted by Gasteiger charge is 2.29. The molecule has 0 aliphatic heterocycles. The van der Waals surface area contributed by atoms with Gasteiger partial charge >= 0.3 is 0 Å². The van der Waals surface area contributed by atoms with Gasteiger partial charge in [-0.05, 0) is 53.4 Å². The molecule has 1 saturated carbocycles. The Labute approximate surface area is 114 Å². The molecular weight excluding hydrogens is 292 g/mol. The van der Waals surface area contributed by atoms with Crippen LogP contribution in [0.3, 0.4) is 0 Å². The Bertz CT molecular complexity index is 662. The smallest absolute Gasteiger partial charge is 0.0994 e. The summed E-state index contributed by atoms with van der Waals surface area (Å²) >= 11 is 3.55. The number of halogens is 1. The molecule has 1 aliphatic rings. The molecule has 3 rings (SSSR count). The SMILES string of the molecule is Cc1cc2c(cc1C#N)c(Br)cn2C1CC(O)C1. The summed E-state index contributed by atoms with van der Waals surface area (Å²) in [5.41, 5.74) is 2.85. The molecule has 18 heavy (non-hydrogen) atoms. The molecule has 0 saturated heterocycles. The summed E-state index contributed by atoms with van der Waals surface area (Å²) in [6.45, 7) is 1.96. The molecule has 1 N–H and O–H groups in total. The Hall–Kier alpha value is -1.31. The fraction of sp³-hybridized carbons (Fsp3) is 0.357. The maximum atomic E-state index is 9.43. The van der Waals surface area contributed by atoms with Crippen LogP contribution in [-0.4, -0.2) is 15.8 Å². The molecule has 2 aromatic rings. The van der Waals surface area contributed by atoms with E-state index in [0.717, 1.165) is 39.3 Å². The number of benzene rings is 1. The highest BCUT2D eigenvalue weighted by atomic mass is 79.9. The number of hydrogen-bond donors (Lipinski definition) is 1. The van der Waals surface area contributed by atoms with Gasteiger partial charge in [-0.15, -0.1) is 0 Å². The zero-order chi connectivity index (χ0) is 12.9. The van der Waals surface area contributed by atoms with E-state index in [0.29, 0.717) is 6.04 Å². The van der Waals surface area contributed by atoms with Crippen molar-refractivity contribution in [1.29, 1.82) is 5.26 Å². The van der Waals surface area contributed by atoms with Gasteiger partial charge in [0.25, 0.3) is 0 Å². The number of nitriles is 1. The first-order chi connectivity index (χ1) is 8.60. The first-order valence-electron chi connectivity index (χ1n) is 5.99. The Balaban J connectivity index is 2.17. The molecule has 0 amide bonds. The fourth-order valence-corrected chi connectivity index (χ4v) is 3.11. The lowest BCUT2D eigenvalue weighted by molar-refractivity contribution is 0.0503. The van der Waals surface area contributed by atoms with Crippen molar-refractivity contribution in [1.82, 2.24) is 4.57 Å². The van der Waals surface area contributed by atoms with Crippen molar-refractivity contribution >= 4 is 26.8 Å². The third kappa shape index (κ3) is 1.66. The number of aliphatic hydroxyl groups is 1. The fourth-order valence-electron chi connectivity index (χ4n) is 2.57. The van der Waals surface area contributed by atoms with Crippen molar-refractivity contribution in [2.24, 2.45) is 0 Å². The first-order valence-corrected chi connectivity index (χ1v) is 6.78. The molecule has 0 radical (unpaired) electrons. The maximum Gasteiger partial charge on any atom is 0.0994 e. The predicted molar refractivity (Wildman–Crippen MR) is 73.4 cm³/mol. The monoisotopic (exact) mass is 304 g/mol. The van der Waals surface area contributed by atoms with Gasteiger partial charge in [0, 0.05) is 27.6 Å². The van der Waals surface area contributed by atoms with Gasteiger partial charge in [-0.3, -0.25) is 0 Å². The van der Waals surface area contributed by atoms with E-state index >= 15 is 0 Å². The summed E-state index contributed by atoms with van der Waals surface area (Å²) < 4.78 is 3.22. The lowest BCUT2D eigenvalue weighted by Crippen LogP contribution is -2.30. The standard InChI is InChI=1S/C14H13BrN2O/c1-8-2-14-12(3-9(8)6-16)13(15)7-17(14)10-4-11(18)5-10/h2-3,7,10-11,18H,4-5H2,1H3. The number of aryl methyl sites for hydroxylation is 1. The largest absolute Gasteiger partial charge is 0.393 e. The molecule has 1 aromatic carbocycles. The molecule has 1 aliphatic carbocycles. The number of hydrogen-bond acceptors (Lipinski definition) is 2. The summed E-state index contributed by atoms with van der Waals surface area (Å²) in [5.74, 6) is 0. The van der Waals surface area contributed by atoms with Gasteiger partial charge in [0.05, 0.1) is 17.7 Å². The number of aromatic nitrogens is 1. The third-order valence-corrected chi connectivity index (χ3v) is 4.36. The van der Waals surface area contributed by atoms with Crippen LogP contribution in [-0.2, 0) is 0 Å². The van der Waals surface area contributed by atoms with Gasteiger partial charge in [-0.2, -0.15) is 5.26 Å². The molecule has 4 heteroatoms. The number of nitrogens with zero attached hydrogens (tertiary/aromatic N) is 2. The Morgan fingerprint density at radius 1 is 1.44 bits per heavy atom. The minimum atomic E-state index is -0.161. The summed E-state index contributed by atoms with van der Waals surface area (Å²) in [6.07, 6.45) is 3.53. The van der Waals surface area contributed by atoms with Crippen LogP contribution in [0.1, 0.15) is 30.0 Å². The van der Waals surface area contributed by atoms with Gasteiger partial charge in [-0.25, -0.2) is 0 Å². The highest BCUT2D eigenvalue weighted by Crippen LogP contribution is 2.38. The van der Waals surface area contributed by atoms with Crippen molar-refractivity contribution in [2.75, 3.05) is 0 Å². The normalized spacial score (nSPS) is 22.8. The molecule has 1 aromatic heterocycles. The number of rotatable bonds is 1. The Morgan fingerprint density at radius 3 is 2.78 bits per heavy atom. The van der Waals surface area contributed by atoms with Gasteiger partial charge < -0.3 is 9.67 Å². The van der Waals surface area contributed by atoms with Gasteiger partial charge in [0.15, 0.2) is 0 Å². The zero-order valence-corrected chi connectivity index (χ0v) is 11.6. The molecule has 1 fully saturated rings. The Kier molecular flexibility index (Phi) is 2.69. The number of fused-ring (bicyclic) bond motifs is 1. The van der Waals surface area contributed by atoms with E-state index in [-0.39, 0.29) is 6.10 Å². The van der Waals surface area contributed by atoms with Gasteiger partial charge in [0.1, 0.15) is 0 Å². The molecule has 92 valence electrons. The summed E-state index contributed by atoms with van der Waals surface area (Å²) in [6, 6.07) is 6.58. The van der Waals surface area contributed by atoms with Gasteiger partial charge in [0.2, 0.25) is 0 Å². The highest BCUT2D eigenvalue weighted by molar-refractivity contribution is 9.10. The second-order valence-electron chi connectivity index (χ2n) is 4.96. The molecule has 0 unspecified atom stereocenters. The van der Waals surface area contributed by atoms with E-state index in [1.165, 1.54) is 0 Å². The summed E-state index contributed by atoms with van der Waals surface area (Å²) in [4.78, 5) is 0. The van der Waals surface area contributed by atoms with Crippen LogP contribution in [0.2, 0.25) is 0 Å². The zero-order valence-electron chi connectivity index (χ0n) is 10.0. The molecule has 0 atom stereocenters. The molecule has 3 nitrogen and oxygen atoms in total. The van der Waals surface area contributed by atoms with Crippen molar-refractivity contribution in [3.63, 3.8) is 0 Å². The molecule has 0 spiro atoms. The van der Waals surface area contributed by atoms with Crippen LogP contribution < -0.4 is 0 Å². The van der Waals surface area contributed by atoms with E-state index in [1.54, 1.807) is 0 Å². The quantitative estimate of drug-likeness (QED) is 0.879. The lowest BCUT2D eigenvalue weighted by Gasteiger charge is -2.33. The summed E-state index contributed by atoms with van der Waals surface area (Å²) in [7, 11) is 0. The van der Waals surface area contributed by atoms with Crippen molar-refractivity contribution in [3.8, 4) is 6.07 Å². The maximum absolute atomic E-state index is 9.43. The lowest BCUT2D eigenvalue weighted by atomic mass is 9.89. The van der Waals surface area contributed by atoms with E-state index in [2.05, 4.69) is 38.8 Å². The molecule has 1 heterocycles. The van der Waals surface area contributed by atoms with Gasteiger partial charge in [-0.1, -0.05) is 0 Å². The topological polar surface area (TPSA) is 49.0 Å².